The first-order valence-corrected chi connectivity index (χ1v) is 10.6. The number of esters is 1. The Balaban J connectivity index is 1.37. The minimum Gasteiger partial charge on any atom is -0.484 e. The number of nitrogens with zero attached hydrogens (tertiary/aromatic N) is 1. The molecule has 0 aliphatic carbocycles. The summed E-state index contributed by atoms with van der Waals surface area (Å²) in [6.07, 6.45) is 1.47. The molecule has 0 unspecified atom stereocenters. The first-order chi connectivity index (χ1) is 17.3. The van der Waals surface area contributed by atoms with Gasteiger partial charge in [-0.2, -0.15) is 0 Å². The van der Waals surface area contributed by atoms with Crippen molar-refractivity contribution >= 4 is 35.6 Å². The average Bonchev–Trinajstić information content (AvgIpc) is 3.44. The predicted molar refractivity (Wildman–Crippen MR) is 124 cm³/mol. The van der Waals surface area contributed by atoms with Gasteiger partial charge >= 0.3 is 12.0 Å². The summed E-state index contributed by atoms with van der Waals surface area (Å²) < 4.78 is 28.4. The molecule has 0 radical (unpaired) electrons. The summed E-state index contributed by atoms with van der Waals surface area (Å²) in [4.78, 5) is 49.6. The highest BCUT2D eigenvalue weighted by Crippen LogP contribution is 2.21. The molecule has 0 bridgehead atoms. The first-order valence-electron chi connectivity index (χ1n) is 10.6. The summed E-state index contributed by atoms with van der Waals surface area (Å²) in [5, 5.41) is 5.08. The number of benzene rings is 2. The van der Waals surface area contributed by atoms with Gasteiger partial charge in [0.05, 0.1) is 13.7 Å². The summed E-state index contributed by atoms with van der Waals surface area (Å²) in [5.41, 5.74) is 1.01. The Morgan fingerprint density at radius 2 is 1.89 bits per heavy atom. The van der Waals surface area contributed by atoms with Crippen LogP contribution >= 0.6 is 0 Å². The van der Waals surface area contributed by atoms with Gasteiger partial charge in [-0.15, -0.1) is 0 Å². The van der Waals surface area contributed by atoms with E-state index in [2.05, 4.69) is 15.4 Å². The predicted octanol–water partition coefficient (Wildman–Crippen LogP) is 3.32. The molecule has 4 rings (SSSR count). The summed E-state index contributed by atoms with van der Waals surface area (Å²) >= 11 is 0. The summed E-state index contributed by atoms with van der Waals surface area (Å²) in [7, 11) is 1.21. The molecule has 1 saturated heterocycles. The quantitative estimate of drug-likeness (QED) is 0.280. The van der Waals surface area contributed by atoms with Gasteiger partial charge in [0.25, 0.3) is 11.8 Å². The van der Waals surface area contributed by atoms with Crippen molar-refractivity contribution in [3.05, 3.63) is 89.3 Å². The summed E-state index contributed by atoms with van der Waals surface area (Å²) in [5.74, 6) is -1.56. The highest BCUT2D eigenvalue weighted by Gasteiger charge is 2.34. The van der Waals surface area contributed by atoms with Crippen molar-refractivity contribution in [1.82, 2.24) is 10.2 Å². The van der Waals surface area contributed by atoms with Gasteiger partial charge in [0.2, 0.25) is 5.76 Å². The minimum absolute atomic E-state index is 0.0333. The normalized spacial score (nSPS) is 14.1. The molecule has 3 aromatic rings. The van der Waals surface area contributed by atoms with Crippen molar-refractivity contribution in [3.63, 3.8) is 0 Å². The van der Waals surface area contributed by atoms with Crippen molar-refractivity contribution in [2.24, 2.45) is 0 Å². The Bertz CT molecular complexity index is 1350. The van der Waals surface area contributed by atoms with E-state index in [-0.39, 0.29) is 30.4 Å². The number of rotatable bonds is 8. The molecule has 184 valence electrons. The maximum atomic E-state index is 13.0. The van der Waals surface area contributed by atoms with Crippen molar-refractivity contribution in [2.75, 3.05) is 19.0 Å². The number of halogens is 1. The number of methoxy groups -OCH3 is 1. The lowest BCUT2D eigenvalue weighted by Gasteiger charge is -2.09. The molecule has 1 fully saturated rings. The van der Waals surface area contributed by atoms with Gasteiger partial charge < -0.3 is 24.5 Å². The Morgan fingerprint density at radius 1 is 1.11 bits per heavy atom. The third-order valence-electron chi connectivity index (χ3n) is 4.99. The van der Waals surface area contributed by atoms with Gasteiger partial charge in [0.1, 0.15) is 23.0 Å². The number of hydrogen-bond acceptors (Lipinski definition) is 7. The Morgan fingerprint density at radius 3 is 2.64 bits per heavy atom. The van der Waals surface area contributed by atoms with Crippen LogP contribution in [0.2, 0.25) is 0 Å². The van der Waals surface area contributed by atoms with E-state index in [9.17, 15) is 23.6 Å². The van der Waals surface area contributed by atoms with Crippen molar-refractivity contribution < 1.29 is 37.5 Å². The second-order valence-electron chi connectivity index (χ2n) is 7.55. The van der Waals surface area contributed by atoms with E-state index in [4.69, 9.17) is 9.15 Å². The molecule has 1 aromatic heterocycles. The number of urea groups is 1. The molecule has 1 aliphatic rings. The van der Waals surface area contributed by atoms with Crippen LogP contribution in [0.5, 0.6) is 5.75 Å². The van der Waals surface area contributed by atoms with E-state index in [1.807, 2.05) is 0 Å². The van der Waals surface area contributed by atoms with Crippen LogP contribution in [-0.4, -0.2) is 42.4 Å². The zero-order valence-corrected chi connectivity index (χ0v) is 18.9. The number of carbonyl (C=O) groups excluding carboxylic acids is 4. The molecule has 2 heterocycles. The van der Waals surface area contributed by atoms with Gasteiger partial charge in [-0.05, 0) is 60.2 Å². The third-order valence-corrected chi connectivity index (χ3v) is 4.99. The van der Waals surface area contributed by atoms with Gasteiger partial charge in [-0.25, -0.2) is 14.0 Å². The number of carbonyl (C=O) groups is 4. The molecule has 1 aliphatic heterocycles. The smallest absolute Gasteiger partial charge is 0.373 e. The maximum absolute atomic E-state index is 13.0. The van der Waals surface area contributed by atoms with Crippen LogP contribution in [0.15, 0.2) is 70.8 Å². The molecule has 4 amide bonds. The number of ether oxygens (including phenoxy) is 2. The lowest BCUT2D eigenvalue weighted by atomic mass is 10.2. The molecule has 10 nitrogen and oxygen atoms in total. The average molecular weight is 493 g/mol. The van der Waals surface area contributed by atoms with E-state index < -0.39 is 29.6 Å². The topological polar surface area (TPSA) is 127 Å². The van der Waals surface area contributed by atoms with Crippen LogP contribution in [0.3, 0.4) is 0 Å². The molecular formula is C25H20FN3O7. The number of anilines is 1. The number of imide groups is 1. The van der Waals surface area contributed by atoms with E-state index in [1.54, 1.807) is 24.3 Å². The van der Waals surface area contributed by atoms with Crippen LogP contribution in [0.1, 0.15) is 21.9 Å². The van der Waals surface area contributed by atoms with Crippen LogP contribution in [0.25, 0.3) is 6.08 Å². The summed E-state index contributed by atoms with van der Waals surface area (Å²) in [6.45, 7) is -0.469. The van der Waals surface area contributed by atoms with Crippen LogP contribution < -0.4 is 15.4 Å². The Kier molecular flexibility index (Phi) is 7.10. The van der Waals surface area contributed by atoms with E-state index >= 15 is 0 Å². The monoisotopic (exact) mass is 493 g/mol. The van der Waals surface area contributed by atoms with E-state index in [1.165, 1.54) is 49.6 Å². The van der Waals surface area contributed by atoms with Crippen molar-refractivity contribution in [2.45, 2.75) is 6.54 Å². The van der Waals surface area contributed by atoms with Gasteiger partial charge in [-0.1, -0.05) is 12.1 Å². The van der Waals surface area contributed by atoms with Gasteiger partial charge in [0.15, 0.2) is 6.61 Å². The molecule has 11 heteroatoms. The second-order valence-corrected chi connectivity index (χ2v) is 7.55. The Labute approximate surface area is 204 Å². The zero-order valence-electron chi connectivity index (χ0n) is 18.9. The van der Waals surface area contributed by atoms with Crippen molar-refractivity contribution in [3.8, 4) is 5.75 Å². The highest BCUT2D eigenvalue weighted by atomic mass is 19.1. The highest BCUT2D eigenvalue weighted by molar-refractivity contribution is 6.13. The van der Waals surface area contributed by atoms with Crippen molar-refractivity contribution in [1.29, 1.82) is 0 Å². The first kappa shape index (κ1) is 24.2. The van der Waals surface area contributed by atoms with Crippen LogP contribution in [-0.2, 0) is 20.9 Å². The lowest BCUT2D eigenvalue weighted by molar-refractivity contribution is -0.123. The lowest BCUT2D eigenvalue weighted by Crippen LogP contribution is -2.30. The molecule has 2 N–H and O–H groups in total. The fourth-order valence-corrected chi connectivity index (χ4v) is 3.28. The fraction of sp³-hybridized carbons (Fsp3) is 0.120. The molecule has 0 saturated carbocycles. The molecule has 0 spiro atoms. The molecule has 36 heavy (non-hydrogen) atoms. The standard InChI is InChI=1S/C25H20FN3O7/c1-34-24(32)21-10-9-19(36-21)13-29-23(31)20(28-25(29)33)12-15-3-2-4-18(11-15)35-14-22(30)27-17-7-5-16(26)6-8-17/h2-12H,13-14H2,1H3,(H,27,30)(H,28,33). The number of amides is 4. The van der Waals surface area contributed by atoms with E-state index in [0.717, 1.165) is 4.90 Å². The molecular weight excluding hydrogens is 473 g/mol. The molecule has 0 atom stereocenters. The second kappa shape index (κ2) is 10.6. The number of furan rings is 1. The Hall–Kier alpha value is -4.93. The largest absolute Gasteiger partial charge is 0.484 e. The van der Waals surface area contributed by atoms with E-state index in [0.29, 0.717) is 17.0 Å². The zero-order chi connectivity index (χ0) is 25.7. The SMILES string of the molecule is COC(=O)c1ccc(CN2C(=O)NC(=Cc3cccc(OCC(=O)Nc4ccc(F)cc4)c3)C2=O)o1. The van der Waals surface area contributed by atoms with Crippen LogP contribution in [0.4, 0.5) is 14.9 Å². The summed E-state index contributed by atoms with van der Waals surface area (Å²) in [6, 6.07) is 14.1. The van der Waals surface area contributed by atoms with Gasteiger partial charge in [-0.3, -0.25) is 14.5 Å². The number of nitrogens with one attached hydrogen (secondary N) is 2. The minimum atomic E-state index is -0.672. The fourth-order valence-electron chi connectivity index (χ4n) is 3.28. The molecule has 2 aromatic carbocycles. The maximum Gasteiger partial charge on any atom is 0.373 e. The number of hydrogen-bond donors (Lipinski definition) is 2. The van der Waals surface area contributed by atoms with Gasteiger partial charge in [0, 0.05) is 5.69 Å². The van der Waals surface area contributed by atoms with Crippen LogP contribution in [0, 0.1) is 5.82 Å². The third kappa shape index (κ3) is 5.76.